The van der Waals surface area contributed by atoms with Crippen LogP contribution in [0.25, 0.3) is 5.57 Å². The maximum Gasteiger partial charge on any atom is 0.115 e. The van der Waals surface area contributed by atoms with E-state index in [0.717, 1.165) is 18.4 Å². The summed E-state index contributed by atoms with van der Waals surface area (Å²) in [7, 11) is 0. The maximum absolute atomic E-state index is 9.74. The largest absolute Gasteiger partial charge is 0.508 e. The Kier molecular flexibility index (Phi) is 6.83. The summed E-state index contributed by atoms with van der Waals surface area (Å²) in [5.74, 6) is 1.38. The second-order valence-electron chi connectivity index (χ2n) is 8.25. The van der Waals surface area contributed by atoms with Crippen LogP contribution >= 0.6 is 0 Å². The van der Waals surface area contributed by atoms with E-state index < -0.39 is 0 Å². The van der Waals surface area contributed by atoms with Gasteiger partial charge in [-0.1, -0.05) is 48.9 Å². The topological polar surface area (TPSA) is 60.7 Å². The van der Waals surface area contributed by atoms with E-state index in [1.807, 2.05) is 36.4 Å². The molecule has 3 N–H and O–H groups in total. The Morgan fingerprint density at radius 1 is 0.667 bits per heavy atom. The van der Waals surface area contributed by atoms with Crippen LogP contribution in [0, 0.1) is 0 Å². The van der Waals surface area contributed by atoms with Gasteiger partial charge in [-0.3, -0.25) is 0 Å². The van der Waals surface area contributed by atoms with Crippen molar-refractivity contribution in [1.82, 2.24) is 0 Å². The van der Waals surface area contributed by atoms with Gasteiger partial charge in [-0.15, -0.1) is 0 Å². The van der Waals surface area contributed by atoms with E-state index in [-0.39, 0.29) is 23.2 Å². The van der Waals surface area contributed by atoms with Crippen LogP contribution in [0.4, 0.5) is 0 Å². The van der Waals surface area contributed by atoms with Gasteiger partial charge >= 0.3 is 0 Å². The highest BCUT2D eigenvalue weighted by Gasteiger charge is 2.20. The molecular formula is C27H30O3. The number of aromatic hydroxyl groups is 3. The molecule has 0 aliphatic carbocycles. The highest BCUT2D eigenvalue weighted by Crippen LogP contribution is 2.38. The lowest BCUT2D eigenvalue weighted by Crippen LogP contribution is -2.06. The van der Waals surface area contributed by atoms with Crippen molar-refractivity contribution < 1.29 is 15.3 Å². The molecule has 3 nitrogen and oxygen atoms in total. The molecule has 3 heteroatoms. The smallest absolute Gasteiger partial charge is 0.115 e. The standard InChI is InChI=1S/C27H30O3/c1-18(2)27(22-8-14-26(30)15-9-22)17-23(21-6-12-25(29)13-7-21)16-19(3)20-4-10-24(28)11-5-20/h4-15,19,23,28-30H,16-17H2,1-3H3. The second kappa shape index (κ2) is 9.53. The molecule has 0 amide bonds. The molecule has 0 aliphatic rings. The molecule has 0 heterocycles. The predicted molar refractivity (Wildman–Crippen MR) is 123 cm³/mol. The summed E-state index contributed by atoms with van der Waals surface area (Å²) in [5.41, 5.74) is 6.03. The molecule has 30 heavy (non-hydrogen) atoms. The molecule has 0 saturated carbocycles. The Bertz CT molecular complexity index is 980. The van der Waals surface area contributed by atoms with Crippen molar-refractivity contribution in [3.63, 3.8) is 0 Å². The summed E-state index contributed by atoms with van der Waals surface area (Å²) >= 11 is 0. The molecule has 0 aromatic heterocycles. The third kappa shape index (κ3) is 5.44. The van der Waals surface area contributed by atoms with Gasteiger partial charge in [0.25, 0.3) is 0 Å². The molecule has 0 radical (unpaired) electrons. The zero-order valence-corrected chi connectivity index (χ0v) is 17.8. The van der Waals surface area contributed by atoms with Crippen LogP contribution in [0.15, 0.2) is 78.4 Å². The first-order valence-corrected chi connectivity index (χ1v) is 10.4. The minimum atomic E-state index is 0.258. The number of benzene rings is 3. The van der Waals surface area contributed by atoms with Gasteiger partial charge in [0.2, 0.25) is 0 Å². The van der Waals surface area contributed by atoms with E-state index in [9.17, 15) is 15.3 Å². The minimum absolute atomic E-state index is 0.258. The first-order chi connectivity index (χ1) is 14.3. The Morgan fingerprint density at radius 3 is 1.57 bits per heavy atom. The molecule has 156 valence electrons. The van der Waals surface area contributed by atoms with Gasteiger partial charge in [-0.05, 0) is 97.2 Å². The lowest BCUT2D eigenvalue weighted by atomic mass is 9.80. The van der Waals surface area contributed by atoms with Crippen LogP contribution in [0.1, 0.15) is 62.1 Å². The van der Waals surface area contributed by atoms with Gasteiger partial charge in [0.1, 0.15) is 17.2 Å². The summed E-state index contributed by atoms with van der Waals surface area (Å²) in [6.07, 6.45) is 1.80. The Morgan fingerprint density at radius 2 is 1.10 bits per heavy atom. The maximum atomic E-state index is 9.74. The fourth-order valence-electron chi connectivity index (χ4n) is 3.97. The molecule has 3 aromatic carbocycles. The highest BCUT2D eigenvalue weighted by molar-refractivity contribution is 5.69. The van der Waals surface area contributed by atoms with E-state index in [1.54, 1.807) is 36.4 Å². The van der Waals surface area contributed by atoms with Crippen molar-refractivity contribution in [2.45, 2.75) is 45.4 Å². The third-order valence-electron chi connectivity index (χ3n) is 5.73. The Balaban J connectivity index is 1.92. The van der Waals surface area contributed by atoms with Gasteiger partial charge in [-0.2, -0.15) is 0 Å². The molecule has 0 spiro atoms. The number of hydrogen-bond donors (Lipinski definition) is 3. The zero-order chi connectivity index (χ0) is 21.7. The molecule has 2 atom stereocenters. The molecule has 0 saturated heterocycles. The van der Waals surface area contributed by atoms with E-state index >= 15 is 0 Å². The monoisotopic (exact) mass is 402 g/mol. The van der Waals surface area contributed by atoms with Gasteiger partial charge in [0.15, 0.2) is 0 Å². The number of hydrogen-bond acceptors (Lipinski definition) is 3. The average molecular weight is 403 g/mol. The number of allylic oxidation sites excluding steroid dienone is 2. The van der Waals surface area contributed by atoms with Crippen LogP contribution in [0.5, 0.6) is 17.2 Å². The molecule has 3 aromatic rings. The minimum Gasteiger partial charge on any atom is -0.508 e. The van der Waals surface area contributed by atoms with E-state index in [0.29, 0.717) is 5.92 Å². The highest BCUT2D eigenvalue weighted by atomic mass is 16.3. The van der Waals surface area contributed by atoms with Crippen LogP contribution in [-0.2, 0) is 0 Å². The van der Waals surface area contributed by atoms with E-state index in [4.69, 9.17) is 0 Å². The first-order valence-electron chi connectivity index (χ1n) is 10.4. The lowest BCUT2D eigenvalue weighted by Gasteiger charge is -2.24. The van der Waals surface area contributed by atoms with Crippen molar-refractivity contribution in [1.29, 1.82) is 0 Å². The van der Waals surface area contributed by atoms with Crippen molar-refractivity contribution in [2.75, 3.05) is 0 Å². The second-order valence-corrected chi connectivity index (χ2v) is 8.25. The van der Waals surface area contributed by atoms with Crippen LogP contribution < -0.4 is 0 Å². The SMILES string of the molecule is CC(C)=C(CC(CC(C)c1ccc(O)cc1)c1ccc(O)cc1)c1ccc(O)cc1. The van der Waals surface area contributed by atoms with E-state index in [1.165, 1.54) is 22.3 Å². The molecule has 0 fully saturated rings. The van der Waals surface area contributed by atoms with Crippen LogP contribution in [0.2, 0.25) is 0 Å². The van der Waals surface area contributed by atoms with Gasteiger partial charge in [0.05, 0.1) is 0 Å². The van der Waals surface area contributed by atoms with Crippen LogP contribution in [-0.4, -0.2) is 15.3 Å². The Labute approximate surface area is 179 Å². The fourth-order valence-corrected chi connectivity index (χ4v) is 3.97. The summed E-state index contributed by atoms with van der Waals surface area (Å²) in [5, 5.41) is 29.0. The summed E-state index contributed by atoms with van der Waals surface area (Å²) in [6, 6.07) is 22.3. The molecule has 2 unspecified atom stereocenters. The normalized spacial score (nSPS) is 12.9. The summed E-state index contributed by atoms with van der Waals surface area (Å²) in [6.45, 7) is 6.46. The quantitative estimate of drug-likeness (QED) is 0.400. The predicted octanol–water partition coefficient (Wildman–Crippen LogP) is 6.96. The molecule has 3 rings (SSSR count). The lowest BCUT2D eigenvalue weighted by molar-refractivity contribution is 0.474. The molecule has 0 bridgehead atoms. The summed E-state index contributed by atoms with van der Waals surface area (Å²) in [4.78, 5) is 0. The number of rotatable bonds is 7. The first kappa shape index (κ1) is 21.5. The Hall–Kier alpha value is -3.20. The fraction of sp³-hybridized carbons (Fsp3) is 0.259. The molecule has 0 aliphatic heterocycles. The van der Waals surface area contributed by atoms with Crippen molar-refractivity contribution in [3.8, 4) is 17.2 Å². The summed E-state index contributed by atoms with van der Waals surface area (Å²) < 4.78 is 0. The van der Waals surface area contributed by atoms with Gasteiger partial charge in [0, 0.05) is 0 Å². The van der Waals surface area contributed by atoms with Crippen LogP contribution in [0.3, 0.4) is 0 Å². The number of phenols is 3. The van der Waals surface area contributed by atoms with Crippen molar-refractivity contribution in [2.24, 2.45) is 0 Å². The average Bonchev–Trinajstić information content (AvgIpc) is 2.72. The zero-order valence-electron chi connectivity index (χ0n) is 17.8. The van der Waals surface area contributed by atoms with Gasteiger partial charge < -0.3 is 15.3 Å². The number of phenolic OH excluding ortho intramolecular Hbond substituents is 3. The third-order valence-corrected chi connectivity index (χ3v) is 5.73. The van der Waals surface area contributed by atoms with Crippen molar-refractivity contribution in [3.05, 3.63) is 95.1 Å². The van der Waals surface area contributed by atoms with Crippen molar-refractivity contribution >= 4 is 5.57 Å². The van der Waals surface area contributed by atoms with E-state index in [2.05, 4.69) is 20.8 Å². The van der Waals surface area contributed by atoms with Gasteiger partial charge in [-0.25, -0.2) is 0 Å². The molecular weight excluding hydrogens is 372 g/mol.